The van der Waals surface area contributed by atoms with Crippen LogP contribution in [0.25, 0.3) is 0 Å². The van der Waals surface area contributed by atoms with Gasteiger partial charge in [0.25, 0.3) is 0 Å². The highest BCUT2D eigenvalue weighted by Gasteiger charge is 2.18. The first kappa shape index (κ1) is 23.4. The monoisotopic (exact) mass is 376 g/mol. The number of carbonyl (C=O) groups is 4. The summed E-state index contributed by atoms with van der Waals surface area (Å²) in [5, 5.41) is 35.3. The number of carbonyl (C=O) groups excluding carboxylic acids is 1. The minimum Gasteiger partial charge on any atom is -0.480 e. The molecule has 0 aliphatic heterocycles. The van der Waals surface area contributed by atoms with Crippen molar-refractivity contribution in [2.75, 3.05) is 58.9 Å². The van der Waals surface area contributed by atoms with Gasteiger partial charge in [0.05, 0.1) is 32.7 Å². The van der Waals surface area contributed by atoms with Crippen LogP contribution < -0.4 is 0 Å². The molecule has 0 fully saturated rings. The van der Waals surface area contributed by atoms with Crippen LogP contribution in [0.4, 0.5) is 0 Å². The van der Waals surface area contributed by atoms with Crippen molar-refractivity contribution in [2.24, 2.45) is 0 Å². The second-order valence-electron chi connectivity index (χ2n) is 5.42. The van der Waals surface area contributed by atoms with E-state index in [1.807, 2.05) is 0 Å². The van der Waals surface area contributed by atoms with Gasteiger partial charge in [-0.1, -0.05) is 0 Å². The largest absolute Gasteiger partial charge is 0.480 e. The lowest BCUT2D eigenvalue weighted by Crippen LogP contribution is -2.45. The van der Waals surface area contributed by atoms with E-state index in [-0.39, 0.29) is 32.7 Å². The van der Waals surface area contributed by atoms with Crippen molar-refractivity contribution < 1.29 is 44.4 Å². The van der Waals surface area contributed by atoms with Crippen LogP contribution >= 0.6 is 0 Å². The van der Waals surface area contributed by atoms with Gasteiger partial charge in [-0.3, -0.25) is 38.7 Å². The molecule has 0 aromatic rings. The molecule has 4 N–H and O–H groups in total. The van der Waals surface area contributed by atoms with Gasteiger partial charge in [0, 0.05) is 26.2 Å². The molecule has 26 heavy (non-hydrogen) atoms. The molecule has 0 heterocycles. The Morgan fingerprint density at radius 3 is 1.27 bits per heavy atom. The Labute approximate surface area is 149 Å². The average molecular weight is 376 g/mol. The van der Waals surface area contributed by atoms with E-state index in [9.17, 15) is 24.0 Å². The topological polar surface area (TPSA) is 176 Å². The van der Waals surface area contributed by atoms with Gasteiger partial charge in [0.2, 0.25) is 6.29 Å². The highest BCUT2D eigenvalue weighted by molar-refractivity contribution is 5.72. The van der Waals surface area contributed by atoms with Crippen molar-refractivity contribution >= 4 is 30.2 Å². The number of carboxylic acid groups (broad SMARTS) is 4. The fourth-order valence-electron chi connectivity index (χ4n) is 2.12. The van der Waals surface area contributed by atoms with E-state index >= 15 is 0 Å². The second kappa shape index (κ2) is 12.7. The summed E-state index contributed by atoms with van der Waals surface area (Å²) in [4.78, 5) is 57.4. The van der Waals surface area contributed by atoms with Gasteiger partial charge in [0.15, 0.2) is 0 Å². The van der Waals surface area contributed by atoms with Gasteiger partial charge < -0.3 is 20.4 Å². The standard InChI is InChI=1S/C14H22N3O9/c18-6-5-16(8-12(21)22)2-1-15(7-11(19)20)3-4-17(9-13(23)24)10-14(25)26/h1-5,7-10H2,(H,19,20)(H,21,22)(H,23,24)(H,25,26). The van der Waals surface area contributed by atoms with Gasteiger partial charge in [-0.2, -0.15) is 0 Å². The van der Waals surface area contributed by atoms with Gasteiger partial charge in [-0.25, -0.2) is 0 Å². The number of rotatable bonds is 16. The third-order valence-electron chi connectivity index (χ3n) is 3.19. The van der Waals surface area contributed by atoms with Crippen LogP contribution in [0, 0.1) is 0 Å². The Morgan fingerprint density at radius 1 is 0.577 bits per heavy atom. The van der Waals surface area contributed by atoms with Crippen molar-refractivity contribution in [1.29, 1.82) is 0 Å². The van der Waals surface area contributed by atoms with Crippen molar-refractivity contribution in [3.8, 4) is 0 Å². The fraction of sp³-hybridized carbons (Fsp3) is 0.643. The molecule has 0 saturated heterocycles. The van der Waals surface area contributed by atoms with E-state index in [4.69, 9.17) is 20.4 Å². The quantitative estimate of drug-likeness (QED) is 0.220. The highest BCUT2D eigenvalue weighted by Crippen LogP contribution is 1.96. The summed E-state index contributed by atoms with van der Waals surface area (Å²) in [6.07, 6.45) is 1.57. The van der Waals surface area contributed by atoms with Gasteiger partial charge in [-0.15, -0.1) is 0 Å². The molecular formula is C14H22N3O9. The molecule has 147 valence electrons. The molecule has 0 aromatic heterocycles. The zero-order chi connectivity index (χ0) is 20.1. The molecule has 0 unspecified atom stereocenters. The van der Waals surface area contributed by atoms with Gasteiger partial charge in [0.1, 0.15) is 0 Å². The Bertz CT molecular complexity index is 496. The van der Waals surface area contributed by atoms with Gasteiger partial charge in [-0.05, 0) is 0 Å². The SMILES string of the molecule is O=[C]CN(CCN(CCN(CC(=O)O)CC(=O)O)CC(=O)O)CC(=O)O. The molecule has 0 saturated carbocycles. The summed E-state index contributed by atoms with van der Waals surface area (Å²) < 4.78 is 0. The van der Waals surface area contributed by atoms with E-state index in [0.29, 0.717) is 0 Å². The van der Waals surface area contributed by atoms with E-state index < -0.39 is 50.1 Å². The molecule has 1 radical (unpaired) electrons. The maximum atomic E-state index is 10.9. The van der Waals surface area contributed by atoms with Crippen molar-refractivity contribution in [3.63, 3.8) is 0 Å². The summed E-state index contributed by atoms with van der Waals surface area (Å²) in [5.41, 5.74) is 0. The predicted molar refractivity (Wildman–Crippen MR) is 85.6 cm³/mol. The first-order valence-corrected chi connectivity index (χ1v) is 7.53. The molecule has 12 heteroatoms. The summed E-state index contributed by atoms with van der Waals surface area (Å²) in [5.74, 6) is -4.74. The van der Waals surface area contributed by atoms with E-state index in [0.717, 1.165) is 4.90 Å². The summed E-state index contributed by atoms with van der Waals surface area (Å²) >= 11 is 0. The van der Waals surface area contributed by atoms with Crippen LogP contribution in [0.3, 0.4) is 0 Å². The zero-order valence-corrected chi connectivity index (χ0v) is 14.0. The number of nitrogens with zero attached hydrogens (tertiary/aromatic N) is 3. The minimum atomic E-state index is -1.22. The van der Waals surface area contributed by atoms with Crippen LogP contribution in [0.5, 0.6) is 0 Å². The molecule has 0 aliphatic carbocycles. The highest BCUT2D eigenvalue weighted by atomic mass is 16.4. The molecule has 0 atom stereocenters. The predicted octanol–water partition coefficient (Wildman–Crippen LogP) is -2.66. The Kier molecular flexibility index (Phi) is 11.5. The van der Waals surface area contributed by atoms with Crippen molar-refractivity contribution in [3.05, 3.63) is 0 Å². The summed E-state index contributed by atoms with van der Waals surface area (Å²) in [6, 6.07) is 0. The molecular weight excluding hydrogens is 354 g/mol. The van der Waals surface area contributed by atoms with Crippen LogP contribution in [-0.2, 0) is 24.0 Å². The minimum absolute atomic E-state index is 0.00931. The third kappa shape index (κ3) is 12.8. The molecule has 0 amide bonds. The lowest BCUT2D eigenvalue weighted by Gasteiger charge is -2.27. The lowest BCUT2D eigenvalue weighted by molar-refractivity contribution is -0.143. The molecule has 0 bridgehead atoms. The smallest absolute Gasteiger partial charge is 0.317 e. The number of carboxylic acids is 4. The number of hydrogen-bond acceptors (Lipinski definition) is 8. The Balaban J connectivity index is 4.76. The third-order valence-corrected chi connectivity index (χ3v) is 3.19. The summed E-state index contributed by atoms with van der Waals surface area (Å²) in [7, 11) is 0. The van der Waals surface area contributed by atoms with Crippen LogP contribution in [0.1, 0.15) is 0 Å². The van der Waals surface area contributed by atoms with Crippen molar-refractivity contribution in [1.82, 2.24) is 14.7 Å². The average Bonchev–Trinajstić information content (AvgIpc) is 2.47. The first-order valence-electron chi connectivity index (χ1n) is 7.53. The molecule has 0 aliphatic rings. The maximum absolute atomic E-state index is 10.9. The molecule has 0 aromatic carbocycles. The Hall–Kier alpha value is -2.57. The Morgan fingerprint density at radius 2 is 0.885 bits per heavy atom. The lowest BCUT2D eigenvalue weighted by atomic mass is 10.3. The van der Waals surface area contributed by atoms with E-state index in [2.05, 4.69) is 0 Å². The second-order valence-corrected chi connectivity index (χ2v) is 5.42. The molecule has 0 spiro atoms. The normalized spacial score (nSPS) is 11.0. The fourth-order valence-corrected chi connectivity index (χ4v) is 2.12. The molecule has 0 rings (SSSR count). The van der Waals surface area contributed by atoms with Gasteiger partial charge >= 0.3 is 23.9 Å². The van der Waals surface area contributed by atoms with Crippen LogP contribution in [0.2, 0.25) is 0 Å². The van der Waals surface area contributed by atoms with E-state index in [1.54, 1.807) is 6.29 Å². The zero-order valence-electron chi connectivity index (χ0n) is 14.0. The molecule has 12 nitrogen and oxygen atoms in total. The number of hydrogen-bond donors (Lipinski definition) is 4. The number of aliphatic carboxylic acids is 4. The maximum Gasteiger partial charge on any atom is 0.317 e. The van der Waals surface area contributed by atoms with Crippen molar-refractivity contribution in [2.45, 2.75) is 0 Å². The summed E-state index contributed by atoms with van der Waals surface area (Å²) in [6.45, 7) is -1.89. The van der Waals surface area contributed by atoms with Crippen LogP contribution in [-0.4, -0.2) is 124 Å². The first-order chi connectivity index (χ1) is 12.1. The van der Waals surface area contributed by atoms with Crippen LogP contribution in [0.15, 0.2) is 0 Å². The van der Waals surface area contributed by atoms with E-state index in [1.165, 1.54) is 9.80 Å².